The molecule has 84 valence electrons. The second-order valence-electron chi connectivity index (χ2n) is 4.71. The van der Waals surface area contributed by atoms with Crippen molar-refractivity contribution in [1.29, 1.82) is 0 Å². The summed E-state index contributed by atoms with van der Waals surface area (Å²) in [6, 6.07) is 0.775. The summed E-state index contributed by atoms with van der Waals surface area (Å²) >= 11 is 0. The monoisotopic (exact) mass is 207 g/mol. The molecule has 2 atom stereocenters. The molecule has 2 rings (SSSR count). The van der Waals surface area contributed by atoms with Crippen LogP contribution in [0.2, 0.25) is 0 Å². The van der Waals surface area contributed by atoms with Gasteiger partial charge in [-0.05, 0) is 38.1 Å². The van der Waals surface area contributed by atoms with E-state index in [1.54, 1.807) is 0 Å². The molecule has 1 heterocycles. The number of hydrogen-bond acceptors (Lipinski definition) is 2. The molecule has 1 aromatic rings. The Labute approximate surface area is 91.7 Å². The lowest BCUT2D eigenvalue weighted by Crippen LogP contribution is -2.27. The highest BCUT2D eigenvalue weighted by molar-refractivity contribution is 4.87. The Morgan fingerprint density at radius 2 is 2.47 bits per heavy atom. The molecule has 0 aliphatic heterocycles. The van der Waals surface area contributed by atoms with E-state index in [-0.39, 0.29) is 0 Å². The van der Waals surface area contributed by atoms with E-state index in [0.29, 0.717) is 0 Å². The fourth-order valence-corrected chi connectivity index (χ4v) is 2.39. The van der Waals surface area contributed by atoms with E-state index in [0.717, 1.165) is 30.7 Å². The summed E-state index contributed by atoms with van der Waals surface area (Å²) in [5.41, 5.74) is 0. The molecule has 3 nitrogen and oxygen atoms in total. The molecule has 3 heteroatoms. The Morgan fingerprint density at radius 1 is 1.53 bits per heavy atom. The maximum absolute atomic E-state index is 4.21. The van der Waals surface area contributed by atoms with Crippen LogP contribution in [0.4, 0.5) is 0 Å². The zero-order valence-electron chi connectivity index (χ0n) is 9.50. The zero-order chi connectivity index (χ0) is 10.5. The van der Waals surface area contributed by atoms with Crippen molar-refractivity contribution in [3.8, 4) is 0 Å². The van der Waals surface area contributed by atoms with E-state index in [9.17, 15) is 0 Å². The van der Waals surface area contributed by atoms with Gasteiger partial charge in [0.25, 0.3) is 0 Å². The highest BCUT2D eigenvalue weighted by atomic mass is 14.9. The standard InChI is InChI=1S/C12H21N3/c1-10-4-5-11(9-10)13-6-2-3-12-14-7-8-15-12/h7-8,10-11,13H,2-6,9H2,1H3,(H,14,15). The van der Waals surface area contributed by atoms with E-state index in [4.69, 9.17) is 0 Å². The fourth-order valence-electron chi connectivity index (χ4n) is 2.39. The average Bonchev–Trinajstić information content (AvgIpc) is 2.84. The van der Waals surface area contributed by atoms with Crippen molar-refractivity contribution in [1.82, 2.24) is 15.3 Å². The van der Waals surface area contributed by atoms with Gasteiger partial charge in [-0.15, -0.1) is 0 Å². The summed E-state index contributed by atoms with van der Waals surface area (Å²) in [7, 11) is 0. The lowest BCUT2D eigenvalue weighted by atomic mass is 10.1. The lowest BCUT2D eigenvalue weighted by molar-refractivity contribution is 0.495. The Balaban J connectivity index is 1.55. The van der Waals surface area contributed by atoms with E-state index in [2.05, 4.69) is 22.2 Å². The van der Waals surface area contributed by atoms with Crippen molar-refractivity contribution in [3.05, 3.63) is 18.2 Å². The molecule has 1 aromatic heterocycles. The van der Waals surface area contributed by atoms with Gasteiger partial charge in [-0.1, -0.05) is 6.92 Å². The largest absolute Gasteiger partial charge is 0.349 e. The first-order valence-electron chi connectivity index (χ1n) is 6.06. The zero-order valence-corrected chi connectivity index (χ0v) is 9.50. The molecular formula is C12H21N3. The summed E-state index contributed by atoms with van der Waals surface area (Å²) in [5.74, 6) is 2.03. The van der Waals surface area contributed by atoms with Crippen molar-refractivity contribution in [2.45, 2.75) is 45.1 Å². The SMILES string of the molecule is CC1CCC(NCCCc2ncc[nH]2)C1. The van der Waals surface area contributed by atoms with E-state index in [1.807, 2.05) is 12.4 Å². The first-order chi connectivity index (χ1) is 7.34. The Kier molecular flexibility index (Phi) is 3.78. The topological polar surface area (TPSA) is 40.7 Å². The van der Waals surface area contributed by atoms with Crippen LogP contribution in [0, 0.1) is 5.92 Å². The number of nitrogens with zero attached hydrogens (tertiary/aromatic N) is 1. The number of imidazole rings is 1. The van der Waals surface area contributed by atoms with Crippen molar-refractivity contribution < 1.29 is 0 Å². The number of aromatic amines is 1. The van der Waals surface area contributed by atoms with Gasteiger partial charge in [0.05, 0.1) is 0 Å². The van der Waals surface area contributed by atoms with E-state index < -0.39 is 0 Å². The van der Waals surface area contributed by atoms with Gasteiger partial charge in [0.15, 0.2) is 0 Å². The Hall–Kier alpha value is -0.830. The Bertz CT molecular complexity index is 268. The third-order valence-electron chi connectivity index (χ3n) is 3.27. The van der Waals surface area contributed by atoms with Gasteiger partial charge in [-0.3, -0.25) is 0 Å². The van der Waals surface area contributed by atoms with Crippen molar-refractivity contribution in [2.24, 2.45) is 5.92 Å². The summed E-state index contributed by atoms with van der Waals surface area (Å²) < 4.78 is 0. The summed E-state index contributed by atoms with van der Waals surface area (Å²) in [6.07, 6.45) is 10.1. The molecule has 1 saturated carbocycles. The number of aromatic nitrogens is 2. The molecule has 0 amide bonds. The van der Waals surface area contributed by atoms with Crippen LogP contribution in [0.15, 0.2) is 12.4 Å². The van der Waals surface area contributed by atoms with Gasteiger partial charge < -0.3 is 10.3 Å². The quantitative estimate of drug-likeness (QED) is 0.726. The van der Waals surface area contributed by atoms with Crippen LogP contribution in [0.5, 0.6) is 0 Å². The molecule has 1 aliphatic carbocycles. The third kappa shape index (κ3) is 3.34. The predicted molar refractivity (Wildman–Crippen MR) is 61.7 cm³/mol. The minimum atomic E-state index is 0.775. The molecule has 1 fully saturated rings. The minimum absolute atomic E-state index is 0.775. The van der Waals surface area contributed by atoms with Crippen LogP contribution < -0.4 is 5.32 Å². The maximum Gasteiger partial charge on any atom is 0.106 e. The predicted octanol–water partition coefficient (Wildman–Crippen LogP) is 2.12. The third-order valence-corrected chi connectivity index (χ3v) is 3.27. The second-order valence-corrected chi connectivity index (χ2v) is 4.71. The van der Waals surface area contributed by atoms with Crippen molar-refractivity contribution >= 4 is 0 Å². The maximum atomic E-state index is 4.21. The average molecular weight is 207 g/mol. The smallest absolute Gasteiger partial charge is 0.106 e. The van der Waals surface area contributed by atoms with Gasteiger partial charge >= 0.3 is 0 Å². The summed E-state index contributed by atoms with van der Waals surface area (Å²) in [5, 5.41) is 3.63. The van der Waals surface area contributed by atoms with Crippen LogP contribution in [0.1, 0.15) is 38.4 Å². The van der Waals surface area contributed by atoms with Crippen LogP contribution in [-0.2, 0) is 6.42 Å². The number of rotatable bonds is 5. The van der Waals surface area contributed by atoms with Gasteiger partial charge in [0.2, 0.25) is 0 Å². The van der Waals surface area contributed by atoms with Crippen LogP contribution in [-0.4, -0.2) is 22.6 Å². The van der Waals surface area contributed by atoms with Crippen LogP contribution >= 0.6 is 0 Å². The summed E-state index contributed by atoms with van der Waals surface area (Å²) in [4.78, 5) is 7.35. The van der Waals surface area contributed by atoms with Crippen molar-refractivity contribution in [2.75, 3.05) is 6.54 Å². The van der Waals surface area contributed by atoms with Crippen LogP contribution in [0.3, 0.4) is 0 Å². The highest BCUT2D eigenvalue weighted by Crippen LogP contribution is 2.24. The van der Waals surface area contributed by atoms with E-state index >= 15 is 0 Å². The van der Waals surface area contributed by atoms with E-state index in [1.165, 1.54) is 25.7 Å². The minimum Gasteiger partial charge on any atom is -0.349 e. The van der Waals surface area contributed by atoms with Gasteiger partial charge in [0, 0.05) is 24.9 Å². The molecule has 0 spiro atoms. The van der Waals surface area contributed by atoms with Gasteiger partial charge in [-0.2, -0.15) is 0 Å². The number of H-pyrrole nitrogens is 1. The van der Waals surface area contributed by atoms with Crippen LogP contribution in [0.25, 0.3) is 0 Å². The Morgan fingerprint density at radius 3 is 3.13 bits per heavy atom. The fraction of sp³-hybridized carbons (Fsp3) is 0.750. The molecule has 15 heavy (non-hydrogen) atoms. The van der Waals surface area contributed by atoms with Gasteiger partial charge in [-0.25, -0.2) is 4.98 Å². The second kappa shape index (κ2) is 5.31. The molecule has 2 unspecified atom stereocenters. The molecule has 1 aliphatic rings. The number of aryl methyl sites for hydroxylation is 1. The van der Waals surface area contributed by atoms with Gasteiger partial charge in [0.1, 0.15) is 5.82 Å². The molecule has 0 radical (unpaired) electrons. The first kappa shape index (κ1) is 10.7. The molecular weight excluding hydrogens is 186 g/mol. The number of hydrogen-bond donors (Lipinski definition) is 2. The lowest BCUT2D eigenvalue weighted by Gasteiger charge is -2.11. The molecule has 0 bridgehead atoms. The summed E-state index contributed by atoms with van der Waals surface area (Å²) in [6.45, 7) is 3.47. The first-order valence-corrected chi connectivity index (χ1v) is 6.06. The molecule has 2 N–H and O–H groups in total. The van der Waals surface area contributed by atoms with Crippen molar-refractivity contribution in [3.63, 3.8) is 0 Å². The normalized spacial score (nSPS) is 25.9. The molecule has 0 aromatic carbocycles. The molecule has 0 saturated heterocycles. The highest BCUT2D eigenvalue weighted by Gasteiger charge is 2.19. The number of nitrogens with one attached hydrogen (secondary N) is 2.